The van der Waals surface area contributed by atoms with Gasteiger partial charge in [-0.15, -0.1) is 0 Å². The van der Waals surface area contributed by atoms with Crippen molar-refractivity contribution < 1.29 is 14.1 Å². The molecule has 0 saturated heterocycles. The molecule has 0 aliphatic rings. The average molecular weight is 417 g/mol. The normalized spacial score (nSPS) is 10.6. The van der Waals surface area contributed by atoms with Gasteiger partial charge in [-0.1, -0.05) is 77.4 Å². The molecule has 1 aromatic heterocycles. The Morgan fingerprint density at radius 1 is 0.933 bits per heavy atom. The van der Waals surface area contributed by atoms with Crippen molar-refractivity contribution in [3.63, 3.8) is 0 Å². The number of aryl methyl sites for hydroxylation is 1. The molecule has 0 unspecified atom stereocenters. The molecule has 4 aromatic rings. The molecule has 1 heterocycles. The lowest BCUT2D eigenvalue weighted by Crippen LogP contribution is -2.16. The Morgan fingerprint density at radius 3 is 2.30 bits per heavy atom. The number of ketones is 1. The quantitative estimate of drug-likeness (QED) is 0.418. The summed E-state index contributed by atoms with van der Waals surface area (Å²) in [5.74, 6) is -0.271. The molecular formula is C24H17ClN2O3. The molecule has 0 radical (unpaired) electrons. The second kappa shape index (κ2) is 8.35. The summed E-state index contributed by atoms with van der Waals surface area (Å²) < 4.78 is 5.28. The predicted molar refractivity (Wildman–Crippen MR) is 116 cm³/mol. The van der Waals surface area contributed by atoms with Gasteiger partial charge in [0.2, 0.25) is 0 Å². The highest BCUT2D eigenvalue weighted by Gasteiger charge is 2.23. The zero-order chi connectivity index (χ0) is 21.1. The van der Waals surface area contributed by atoms with Crippen LogP contribution < -0.4 is 5.32 Å². The highest BCUT2D eigenvalue weighted by Crippen LogP contribution is 2.28. The first-order chi connectivity index (χ1) is 14.5. The number of anilines is 1. The number of halogens is 1. The van der Waals surface area contributed by atoms with E-state index in [-0.39, 0.29) is 5.78 Å². The summed E-state index contributed by atoms with van der Waals surface area (Å²) in [6.07, 6.45) is 0. The summed E-state index contributed by atoms with van der Waals surface area (Å²) in [7, 11) is 0. The number of carbonyl (C=O) groups excluding carboxylic acids is 2. The van der Waals surface area contributed by atoms with Crippen molar-refractivity contribution in [3.8, 4) is 11.3 Å². The fourth-order valence-electron chi connectivity index (χ4n) is 3.18. The molecule has 0 saturated carbocycles. The zero-order valence-electron chi connectivity index (χ0n) is 16.1. The molecule has 0 spiro atoms. The number of amides is 1. The van der Waals surface area contributed by atoms with Gasteiger partial charge in [0.05, 0.1) is 5.69 Å². The number of benzene rings is 3. The van der Waals surface area contributed by atoms with Crippen molar-refractivity contribution in [2.75, 3.05) is 5.32 Å². The van der Waals surface area contributed by atoms with Crippen LogP contribution in [0.2, 0.25) is 5.02 Å². The van der Waals surface area contributed by atoms with Crippen LogP contribution in [0, 0.1) is 6.92 Å². The molecule has 0 atom stereocenters. The molecule has 4 rings (SSSR count). The Balaban J connectivity index is 1.71. The van der Waals surface area contributed by atoms with Crippen LogP contribution in [0.5, 0.6) is 0 Å². The summed E-state index contributed by atoms with van der Waals surface area (Å²) in [5.41, 5.74) is 2.68. The van der Waals surface area contributed by atoms with E-state index in [1.807, 2.05) is 36.4 Å². The highest BCUT2D eigenvalue weighted by molar-refractivity contribution is 6.31. The first-order valence-corrected chi connectivity index (χ1v) is 9.64. The molecule has 148 valence electrons. The summed E-state index contributed by atoms with van der Waals surface area (Å²) in [4.78, 5) is 26.1. The number of carbonyl (C=O) groups is 2. The van der Waals surface area contributed by atoms with E-state index in [1.54, 1.807) is 49.4 Å². The third kappa shape index (κ3) is 3.88. The minimum Gasteiger partial charge on any atom is -0.360 e. The Morgan fingerprint density at radius 2 is 1.60 bits per heavy atom. The lowest BCUT2D eigenvalue weighted by atomic mass is 10.0. The Kier molecular flexibility index (Phi) is 5.46. The van der Waals surface area contributed by atoms with E-state index in [0.717, 1.165) is 5.56 Å². The average Bonchev–Trinajstić information content (AvgIpc) is 3.17. The fourth-order valence-corrected chi connectivity index (χ4v) is 3.35. The van der Waals surface area contributed by atoms with E-state index in [0.29, 0.717) is 38.9 Å². The molecule has 0 aliphatic heterocycles. The minimum absolute atomic E-state index is 0.237. The number of nitrogens with zero attached hydrogens (tertiary/aromatic N) is 1. The summed E-state index contributed by atoms with van der Waals surface area (Å²) in [5, 5.41) is 7.27. The number of aromatic nitrogens is 1. The maximum atomic E-state index is 13.1. The monoisotopic (exact) mass is 416 g/mol. The van der Waals surface area contributed by atoms with E-state index in [1.165, 1.54) is 0 Å². The standard InChI is InChI=1S/C24H17ClN2O3/c1-15-21(22(27-30-15)16-8-4-2-5-9-16)24(29)26-20-13-12-18(25)14-19(20)23(28)17-10-6-3-7-11-17/h2-14H,1H3,(H,26,29). The van der Waals surface area contributed by atoms with Gasteiger partial charge < -0.3 is 9.84 Å². The van der Waals surface area contributed by atoms with Gasteiger partial charge in [-0.05, 0) is 25.1 Å². The van der Waals surface area contributed by atoms with Gasteiger partial charge in [0, 0.05) is 21.7 Å². The number of nitrogens with one attached hydrogen (secondary N) is 1. The van der Waals surface area contributed by atoms with Gasteiger partial charge in [-0.3, -0.25) is 9.59 Å². The molecule has 0 aliphatic carbocycles. The van der Waals surface area contributed by atoms with Crippen LogP contribution in [0.3, 0.4) is 0 Å². The van der Waals surface area contributed by atoms with Crippen LogP contribution in [0.4, 0.5) is 5.69 Å². The summed E-state index contributed by atoms with van der Waals surface area (Å²) in [6, 6.07) is 22.9. The van der Waals surface area contributed by atoms with Gasteiger partial charge in [-0.25, -0.2) is 0 Å². The minimum atomic E-state index is -0.419. The lowest BCUT2D eigenvalue weighted by Gasteiger charge is -2.11. The molecule has 6 heteroatoms. The van der Waals surface area contributed by atoms with E-state index in [9.17, 15) is 9.59 Å². The van der Waals surface area contributed by atoms with E-state index >= 15 is 0 Å². The zero-order valence-corrected chi connectivity index (χ0v) is 16.8. The summed E-state index contributed by atoms with van der Waals surface area (Å²) >= 11 is 6.13. The number of hydrogen-bond acceptors (Lipinski definition) is 4. The van der Waals surface area contributed by atoms with E-state index in [2.05, 4.69) is 10.5 Å². The smallest absolute Gasteiger partial charge is 0.261 e. The van der Waals surface area contributed by atoms with Crippen LogP contribution in [0.1, 0.15) is 32.0 Å². The highest BCUT2D eigenvalue weighted by atomic mass is 35.5. The number of hydrogen-bond donors (Lipinski definition) is 1. The Labute approximate surface area is 178 Å². The van der Waals surface area contributed by atoms with Crippen molar-refractivity contribution in [2.24, 2.45) is 0 Å². The SMILES string of the molecule is Cc1onc(-c2ccccc2)c1C(=O)Nc1ccc(Cl)cc1C(=O)c1ccccc1. The van der Waals surface area contributed by atoms with Gasteiger partial charge >= 0.3 is 0 Å². The first kappa shape index (κ1) is 19.6. The van der Waals surface area contributed by atoms with Crippen LogP contribution >= 0.6 is 11.6 Å². The second-order valence-corrected chi connectivity index (χ2v) is 7.10. The molecule has 30 heavy (non-hydrogen) atoms. The maximum Gasteiger partial charge on any atom is 0.261 e. The topological polar surface area (TPSA) is 72.2 Å². The Bertz CT molecular complexity index is 1220. The molecule has 0 fully saturated rings. The lowest BCUT2D eigenvalue weighted by molar-refractivity contribution is 0.102. The van der Waals surface area contributed by atoms with Crippen molar-refractivity contribution in [1.82, 2.24) is 5.16 Å². The van der Waals surface area contributed by atoms with Gasteiger partial charge in [0.25, 0.3) is 5.91 Å². The maximum absolute atomic E-state index is 13.1. The number of rotatable bonds is 5. The second-order valence-electron chi connectivity index (χ2n) is 6.67. The van der Waals surface area contributed by atoms with Crippen LogP contribution in [0.15, 0.2) is 83.4 Å². The largest absolute Gasteiger partial charge is 0.360 e. The molecule has 3 aromatic carbocycles. The molecule has 1 N–H and O–H groups in total. The predicted octanol–water partition coefficient (Wildman–Crippen LogP) is 5.79. The molecule has 0 bridgehead atoms. The van der Waals surface area contributed by atoms with Gasteiger partial charge in [-0.2, -0.15) is 0 Å². The fraction of sp³-hybridized carbons (Fsp3) is 0.0417. The van der Waals surface area contributed by atoms with Crippen LogP contribution in [-0.2, 0) is 0 Å². The molecule has 5 nitrogen and oxygen atoms in total. The van der Waals surface area contributed by atoms with Crippen molar-refractivity contribution >= 4 is 29.0 Å². The van der Waals surface area contributed by atoms with Crippen LogP contribution in [-0.4, -0.2) is 16.8 Å². The van der Waals surface area contributed by atoms with Gasteiger partial charge in [0.15, 0.2) is 5.78 Å². The third-order valence-corrected chi connectivity index (χ3v) is 4.88. The van der Waals surface area contributed by atoms with E-state index < -0.39 is 5.91 Å². The molecule has 1 amide bonds. The summed E-state index contributed by atoms with van der Waals surface area (Å²) in [6.45, 7) is 1.67. The van der Waals surface area contributed by atoms with E-state index in [4.69, 9.17) is 16.1 Å². The first-order valence-electron chi connectivity index (χ1n) is 9.27. The van der Waals surface area contributed by atoms with Crippen molar-refractivity contribution in [2.45, 2.75) is 6.92 Å². The van der Waals surface area contributed by atoms with Gasteiger partial charge in [0.1, 0.15) is 17.0 Å². The molecular weight excluding hydrogens is 400 g/mol. The van der Waals surface area contributed by atoms with Crippen molar-refractivity contribution in [1.29, 1.82) is 0 Å². The Hall–Kier alpha value is -3.70. The van der Waals surface area contributed by atoms with Crippen molar-refractivity contribution in [3.05, 3.63) is 106 Å². The van der Waals surface area contributed by atoms with Crippen LogP contribution in [0.25, 0.3) is 11.3 Å². The third-order valence-electron chi connectivity index (χ3n) is 4.65.